The number of methoxy groups -OCH3 is 1. The van der Waals surface area contributed by atoms with Gasteiger partial charge in [-0.15, -0.1) is 0 Å². The number of oxazole rings is 1. The standard InChI is InChI=1S/C24H27N3O6S/c1-17-20(25-24(33-17)19-5-3-4-6-21(19)30-2)16-26-9-11-27(12-10-26)34(28,29)18-7-8-22-23(15-18)32-14-13-31-22/h3-8,15H,9-14,16H2,1-2H3. The summed E-state index contributed by atoms with van der Waals surface area (Å²) in [5, 5.41) is 0. The minimum Gasteiger partial charge on any atom is -0.496 e. The summed E-state index contributed by atoms with van der Waals surface area (Å²) in [6, 6.07) is 12.4. The van der Waals surface area contributed by atoms with Crippen molar-refractivity contribution in [3.8, 4) is 28.7 Å². The Bertz CT molecular complexity index is 1280. The van der Waals surface area contributed by atoms with E-state index in [1.165, 1.54) is 4.31 Å². The zero-order valence-corrected chi connectivity index (χ0v) is 20.0. The van der Waals surface area contributed by atoms with Crippen molar-refractivity contribution in [3.63, 3.8) is 0 Å². The van der Waals surface area contributed by atoms with Gasteiger partial charge in [-0.2, -0.15) is 4.31 Å². The lowest BCUT2D eigenvalue weighted by Gasteiger charge is -2.33. The molecular weight excluding hydrogens is 458 g/mol. The molecule has 0 bridgehead atoms. The number of aromatic nitrogens is 1. The summed E-state index contributed by atoms with van der Waals surface area (Å²) in [7, 11) is -2.00. The number of rotatable bonds is 6. The van der Waals surface area contributed by atoms with Gasteiger partial charge in [0, 0.05) is 38.8 Å². The van der Waals surface area contributed by atoms with E-state index in [2.05, 4.69) is 4.90 Å². The first kappa shape index (κ1) is 22.7. The van der Waals surface area contributed by atoms with Gasteiger partial charge in [0.1, 0.15) is 24.7 Å². The van der Waals surface area contributed by atoms with Gasteiger partial charge in [0.2, 0.25) is 15.9 Å². The molecule has 0 N–H and O–H groups in total. The minimum atomic E-state index is -3.62. The van der Waals surface area contributed by atoms with Crippen LogP contribution < -0.4 is 14.2 Å². The van der Waals surface area contributed by atoms with Crippen LogP contribution in [0.25, 0.3) is 11.5 Å². The van der Waals surface area contributed by atoms with Crippen LogP contribution in [0, 0.1) is 6.92 Å². The number of piperazine rings is 1. The van der Waals surface area contributed by atoms with Crippen LogP contribution in [0.5, 0.6) is 17.2 Å². The summed E-state index contributed by atoms with van der Waals surface area (Å²) in [6.07, 6.45) is 0. The molecule has 2 aliphatic heterocycles. The Kier molecular flexibility index (Phi) is 6.20. The van der Waals surface area contributed by atoms with E-state index in [0.717, 1.165) is 17.0 Å². The molecule has 2 aromatic carbocycles. The number of hydrogen-bond acceptors (Lipinski definition) is 8. The molecule has 0 spiro atoms. The summed E-state index contributed by atoms with van der Waals surface area (Å²) in [5.41, 5.74) is 1.64. The van der Waals surface area contributed by atoms with Gasteiger partial charge in [0.05, 0.1) is 23.3 Å². The Morgan fingerprint density at radius 3 is 2.50 bits per heavy atom. The first-order chi connectivity index (χ1) is 16.5. The number of hydrogen-bond donors (Lipinski definition) is 0. The van der Waals surface area contributed by atoms with Crippen LogP contribution in [-0.2, 0) is 16.6 Å². The van der Waals surface area contributed by atoms with E-state index in [9.17, 15) is 8.42 Å². The third-order valence-corrected chi connectivity index (χ3v) is 7.98. The fourth-order valence-corrected chi connectivity index (χ4v) is 5.62. The zero-order valence-electron chi connectivity index (χ0n) is 19.2. The van der Waals surface area contributed by atoms with E-state index in [4.69, 9.17) is 23.6 Å². The third kappa shape index (κ3) is 4.36. The van der Waals surface area contributed by atoms with Crippen molar-refractivity contribution in [2.75, 3.05) is 46.5 Å². The Hall–Kier alpha value is -3.08. The second-order valence-electron chi connectivity index (χ2n) is 8.21. The third-order valence-electron chi connectivity index (χ3n) is 6.09. The van der Waals surface area contributed by atoms with Gasteiger partial charge in [-0.05, 0) is 31.2 Å². The second kappa shape index (κ2) is 9.28. The lowest BCUT2D eigenvalue weighted by molar-refractivity contribution is 0.170. The van der Waals surface area contributed by atoms with Crippen LogP contribution in [0.2, 0.25) is 0 Å². The molecule has 0 aliphatic carbocycles. The SMILES string of the molecule is COc1ccccc1-c1nc(CN2CCN(S(=O)(=O)c3ccc4c(c3)OCCO4)CC2)c(C)o1. The molecule has 3 aromatic rings. The molecule has 0 saturated carbocycles. The molecular formula is C24H27N3O6S. The van der Waals surface area contributed by atoms with Crippen LogP contribution in [0.1, 0.15) is 11.5 Å². The normalized spacial score (nSPS) is 17.0. The molecule has 0 amide bonds. The fraction of sp³-hybridized carbons (Fsp3) is 0.375. The predicted molar refractivity (Wildman–Crippen MR) is 125 cm³/mol. The van der Waals surface area contributed by atoms with Gasteiger partial charge in [-0.3, -0.25) is 4.90 Å². The highest BCUT2D eigenvalue weighted by atomic mass is 32.2. The molecule has 9 nitrogen and oxygen atoms in total. The highest BCUT2D eigenvalue weighted by Gasteiger charge is 2.30. The molecule has 1 aromatic heterocycles. The zero-order chi connectivity index (χ0) is 23.7. The summed E-state index contributed by atoms with van der Waals surface area (Å²) >= 11 is 0. The molecule has 2 aliphatic rings. The van der Waals surface area contributed by atoms with Gasteiger partial charge in [-0.25, -0.2) is 13.4 Å². The molecule has 0 atom stereocenters. The van der Waals surface area contributed by atoms with Crippen LogP contribution in [0.15, 0.2) is 51.8 Å². The maximum Gasteiger partial charge on any atom is 0.243 e. The molecule has 180 valence electrons. The van der Waals surface area contributed by atoms with Gasteiger partial charge in [0.15, 0.2) is 11.5 Å². The van der Waals surface area contributed by atoms with Crippen LogP contribution in [0.3, 0.4) is 0 Å². The van der Waals surface area contributed by atoms with Crippen molar-refractivity contribution in [1.29, 1.82) is 0 Å². The van der Waals surface area contributed by atoms with Crippen molar-refractivity contribution in [1.82, 2.24) is 14.2 Å². The molecule has 5 rings (SSSR count). The minimum absolute atomic E-state index is 0.221. The Balaban J connectivity index is 1.25. The number of para-hydroxylation sites is 1. The monoisotopic (exact) mass is 485 g/mol. The first-order valence-electron chi connectivity index (χ1n) is 11.2. The largest absolute Gasteiger partial charge is 0.496 e. The van der Waals surface area contributed by atoms with Crippen LogP contribution in [-0.4, -0.2) is 69.1 Å². The van der Waals surface area contributed by atoms with Crippen molar-refractivity contribution in [2.45, 2.75) is 18.4 Å². The molecule has 1 saturated heterocycles. The smallest absolute Gasteiger partial charge is 0.243 e. The van der Waals surface area contributed by atoms with Crippen molar-refractivity contribution in [3.05, 3.63) is 53.9 Å². The number of ether oxygens (including phenoxy) is 3. The molecule has 34 heavy (non-hydrogen) atoms. The maximum absolute atomic E-state index is 13.2. The second-order valence-corrected chi connectivity index (χ2v) is 10.1. The predicted octanol–water partition coefficient (Wildman–Crippen LogP) is 2.94. The van der Waals surface area contributed by atoms with Gasteiger partial charge in [0.25, 0.3) is 0 Å². The highest BCUT2D eigenvalue weighted by Crippen LogP contribution is 2.34. The van der Waals surface area contributed by atoms with E-state index < -0.39 is 10.0 Å². The average Bonchev–Trinajstić information content (AvgIpc) is 3.23. The maximum atomic E-state index is 13.2. The number of benzene rings is 2. The first-order valence-corrected chi connectivity index (χ1v) is 12.6. The number of aryl methyl sites for hydroxylation is 1. The van der Waals surface area contributed by atoms with Crippen LogP contribution in [0.4, 0.5) is 0 Å². The lowest BCUT2D eigenvalue weighted by atomic mass is 10.2. The summed E-state index contributed by atoms with van der Waals surface area (Å²) in [6.45, 7) is 5.34. The summed E-state index contributed by atoms with van der Waals surface area (Å²) < 4.78 is 50.3. The number of sulfonamides is 1. The fourth-order valence-electron chi connectivity index (χ4n) is 4.18. The molecule has 0 unspecified atom stereocenters. The lowest BCUT2D eigenvalue weighted by Crippen LogP contribution is -2.48. The Morgan fingerprint density at radius 2 is 1.74 bits per heavy atom. The van der Waals surface area contributed by atoms with Gasteiger partial charge < -0.3 is 18.6 Å². The van der Waals surface area contributed by atoms with Gasteiger partial charge >= 0.3 is 0 Å². The molecule has 1 fully saturated rings. The molecule has 0 radical (unpaired) electrons. The topological polar surface area (TPSA) is 94.3 Å². The van der Waals surface area contributed by atoms with E-state index in [-0.39, 0.29) is 4.90 Å². The van der Waals surface area contributed by atoms with E-state index in [1.54, 1.807) is 25.3 Å². The summed E-state index contributed by atoms with van der Waals surface area (Å²) in [5.74, 6) is 3.01. The quantitative estimate of drug-likeness (QED) is 0.526. The summed E-state index contributed by atoms with van der Waals surface area (Å²) in [4.78, 5) is 7.10. The van der Waals surface area contributed by atoms with Crippen molar-refractivity contribution < 1.29 is 27.0 Å². The highest BCUT2D eigenvalue weighted by molar-refractivity contribution is 7.89. The molecule has 3 heterocycles. The van der Waals surface area contributed by atoms with Crippen molar-refractivity contribution in [2.24, 2.45) is 0 Å². The Labute approximate surface area is 198 Å². The van der Waals surface area contributed by atoms with E-state index >= 15 is 0 Å². The molecule has 10 heteroatoms. The van der Waals surface area contributed by atoms with Crippen LogP contribution >= 0.6 is 0 Å². The Morgan fingerprint density at radius 1 is 1.00 bits per heavy atom. The van der Waals surface area contributed by atoms with E-state index in [0.29, 0.717) is 69.1 Å². The number of fused-ring (bicyclic) bond motifs is 1. The number of nitrogens with zero attached hydrogens (tertiary/aromatic N) is 3. The van der Waals surface area contributed by atoms with Gasteiger partial charge in [-0.1, -0.05) is 12.1 Å². The van der Waals surface area contributed by atoms with Crippen molar-refractivity contribution >= 4 is 10.0 Å². The van der Waals surface area contributed by atoms with E-state index in [1.807, 2.05) is 31.2 Å². The average molecular weight is 486 g/mol.